The van der Waals surface area contributed by atoms with Crippen molar-refractivity contribution in [1.82, 2.24) is 0 Å². The topological polar surface area (TPSA) is 106 Å². The summed E-state index contributed by atoms with van der Waals surface area (Å²) in [6.45, 7) is 1.12. The molecule has 0 saturated carbocycles. The summed E-state index contributed by atoms with van der Waals surface area (Å²) in [7, 11) is 0. The maximum atomic E-state index is 11.0. The third-order valence-corrected chi connectivity index (χ3v) is 1.58. The normalized spacial score (nSPS) is 15.2. The van der Waals surface area contributed by atoms with Crippen molar-refractivity contribution >= 4 is 11.7 Å². The minimum absolute atomic E-state index is 0.0799. The van der Waals surface area contributed by atoms with Crippen molar-refractivity contribution in [2.24, 2.45) is 17.4 Å². The fourth-order valence-corrected chi connectivity index (χ4v) is 0.684. The molecule has 12 heavy (non-hydrogen) atoms. The lowest BCUT2D eigenvalue weighted by molar-refractivity contribution is -0.128. The number of hydrogen-bond acceptors (Lipinski definition) is 4. The highest BCUT2D eigenvalue weighted by molar-refractivity contribution is 5.88. The summed E-state index contributed by atoms with van der Waals surface area (Å²) in [5.74, 6) is -1.75. The Hall–Kier alpha value is -0.940. The number of aliphatic hydroxyl groups excluding tert-OH is 1. The van der Waals surface area contributed by atoms with Crippen LogP contribution in [0.2, 0.25) is 0 Å². The molecule has 0 aromatic heterocycles. The van der Waals surface area contributed by atoms with Crippen molar-refractivity contribution in [3.05, 3.63) is 0 Å². The predicted molar refractivity (Wildman–Crippen MR) is 43.0 cm³/mol. The lowest BCUT2D eigenvalue weighted by Gasteiger charge is -2.10. The average Bonchev–Trinajstić information content (AvgIpc) is 1.98. The molecular formula is C7H14N2O3. The van der Waals surface area contributed by atoms with Crippen molar-refractivity contribution in [2.75, 3.05) is 6.61 Å². The largest absolute Gasteiger partial charge is 0.396 e. The lowest BCUT2D eigenvalue weighted by Crippen LogP contribution is -2.34. The molecule has 5 N–H and O–H groups in total. The van der Waals surface area contributed by atoms with Crippen molar-refractivity contribution in [3.63, 3.8) is 0 Å². The first kappa shape index (κ1) is 11.1. The van der Waals surface area contributed by atoms with Crippen LogP contribution in [0.3, 0.4) is 0 Å². The number of hydrogen-bond donors (Lipinski definition) is 3. The van der Waals surface area contributed by atoms with Gasteiger partial charge in [-0.05, 0) is 6.92 Å². The smallest absolute Gasteiger partial charge is 0.223 e. The molecule has 0 rings (SSSR count). The van der Waals surface area contributed by atoms with Crippen molar-refractivity contribution in [3.8, 4) is 0 Å². The predicted octanol–water partition coefficient (Wildman–Crippen LogP) is -1.61. The van der Waals surface area contributed by atoms with E-state index in [-0.39, 0.29) is 12.2 Å². The molecule has 0 aliphatic carbocycles. The Bertz CT molecular complexity index is 179. The zero-order valence-corrected chi connectivity index (χ0v) is 6.99. The van der Waals surface area contributed by atoms with Gasteiger partial charge < -0.3 is 16.6 Å². The number of nitrogens with two attached hydrogens (primary N) is 2. The molecule has 0 heterocycles. The van der Waals surface area contributed by atoms with Gasteiger partial charge in [-0.1, -0.05) is 0 Å². The van der Waals surface area contributed by atoms with Crippen molar-refractivity contribution in [1.29, 1.82) is 0 Å². The highest BCUT2D eigenvalue weighted by Gasteiger charge is 2.19. The zero-order valence-electron chi connectivity index (χ0n) is 6.99. The van der Waals surface area contributed by atoms with Gasteiger partial charge in [0, 0.05) is 6.42 Å². The second kappa shape index (κ2) is 4.84. The molecule has 0 radical (unpaired) electrons. The number of ketones is 1. The summed E-state index contributed by atoms with van der Waals surface area (Å²) in [6.07, 6.45) is -0.0799. The summed E-state index contributed by atoms with van der Waals surface area (Å²) in [4.78, 5) is 21.5. The van der Waals surface area contributed by atoms with E-state index in [0.29, 0.717) is 0 Å². The highest BCUT2D eigenvalue weighted by Crippen LogP contribution is 2.03. The minimum atomic E-state index is -0.802. The summed E-state index contributed by atoms with van der Waals surface area (Å²) >= 11 is 0. The molecule has 0 spiro atoms. The van der Waals surface area contributed by atoms with E-state index in [4.69, 9.17) is 16.6 Å². The zero-order chi connectivity index (χ0) is 9.72. The number of Topliss-reactive ketones (excluding diaryl/α,β-unsaturated/α-hetero) is 1. The molecule has 0 bridgehead atoms. The Morgan fingerprint density at radius 1 is 1.50 bits per heavy atom. The quantitative estimate of drug-likeness (QED) is 0.466. The van der Waals surface area contributed by atoms with Crippen LogP contribution in [-0.4, -0.2) is 29.4 Å². The molecule has 0 aliphatic rings. The Kier molecular flexibility index (Phi) is 4.46. The van der Waals surface area contributed by atoms with Crippen LogP contribution in [-0.2, 0) is 9.59 Å². The monoisotopic (exact) mass is 174 g/mol. The molecule has 0 aromatic carbocycles. The maximum Gasteiger partial charge on any atom is 0.223 e. The Labute approximate surface area is 70.7 Å². The first-order chi connectivity index (χ1) is 5.49. The van der Waals surface area contributed by atoms with E-state index in [9.17, 15) is 9.59 Å². The third-order valence-electron chi connectivity index (χ3n) is 1.58. The molecular weight excluding hydrogens is 160 g/mol. The fourth-order valence-electron chi connectivity index (χ4n) is 0.684. The van der Waals surface area contributed by atoms with Crippen LogP contribution < -0.4 is 11.5 Å². The second-order valence-corrected chi connectivity index (χ2v) is 2.74. The van der Waals surface area contributed by atoms with E-state index in [1.165, 1.54) is 6.92 Å². The van der Waals surface area contributed by atoms with E-state index in [2.05, 4.69) is 0 Å². The third kappa shape index (κ3) is 3.45. The number of carbonyl (C=O) groups excluding carboxylic acids is 2. The van der Waals surface area contributed by atoms with Gasteiger partial charge >= 0.3 is 0 Å². The van der Waals surface area contributed by atoms with Crippen LogP contribution in [0.5, 0.6) is 0 Å². The van der Waals surface area contributed by atoms with Gasteiger partial charge in [0.15, 0.2) is 0 Å². The van der Waals surface area contributed by atoms with Gasteiger partial charge in [-0.2, -0.15) is 0 Å². The van der Waals surface area contributed by atoms with Gasteiger partial charge in [0.25, 0.3) is 0 Å². The Balaban J connectivity index is 4.03. The van der Waals surface area contributed by atoms with Crippen LogP contribution in [0.25, 0.3) is 0 Å². The van der Waals surface area contributed by atoms with Crippen LogP contribution >= 0.6 is 0 Å². The van der Waals surface area contributed by atoms with Crippen LogP contribution in [0.15, 0.2) is 0 Å². The fraction of sp³-hybridized carbons (Fsp3) is 0.714. The first-order valence-electron chi connectivity index (χ1n) is 3.67. The summed E-state index contributed by atoms with van der Waals surface area (Å²) < 4.78 is 0. The molecule has 0 aliphatic heterocycles. The SMILES string of the molecule is C[C@@H](N)C(=O)C[C@@H](CO)C(N)=O. The highest BCUT2D eigenvalue weighted by atomic mass is 16.3. The van der Waals surface area contributed by atoms with E-state index < -0.39 is 24.5 Å². The molecule has 5 heteroatoms. The standard InChI is InChI=1S/C7H14N2O3/c1-4(8)6(11)2-5(3-10)7(9)12/h4-5,10H,2-3,8H2,1H3,(H2,9,12)/t4-,5+/m1/s1. The summed E-state index contributed by atoms with van der Waals surface area (Å²) in [5.41, 5.74) is 10.2. The molecule has 2 atom stereocenters. The van der Waals surface area contributed by atoms with Gasteiger partial charge in [0.2, 0.25) is 5.91 Å². The Morgan fingerprint density at radius 3 is 2.25 bits per heavy atom. The van der Waals surface area contributed by atoms with E-state index >= 15 is 0 Å². The minimum Gasteiger partial charge on any atom is -0.396 e. The van der Waals surface area contributed by atoms with Crippen molar-refractivity contribution in [2.45, 2.75) is 19.4 Å². The molecule has 0 unspecified atom stereocenters. The van der Waals surface area contributed by atoms with Gasteiger partial charge in [0.1, 0.15) is 5.78 Å². The average molecular weight is 174 g/mol. The summed E-state index contributed by atoms with van der Waals surface area (Å²) in [6, 6.07) is -0.613. The molecule has 70 valence electrons. The maximum absolute atomic E-state index is 11.0. The van der Waals surface area contributed by atoms with Crippen molar-refractivity contribution < 1.29 is 14.7 Å². The van der Waals surface area contributed by atoms with Crippen LogP contribution in [0, 0.1) is 5.92 Å². The van der Waals surface area contributed by atoms with Gasteiger partial charge in [-0.25, -0.2) is 0 Å². The number of primary amides is 1. The molecule has 0 aromatic rings. The van der Waals surface area contributed by atoms with E-state index in [1.54, 1.807) is 0 Å². The molecule has 5 nitrogen and oxygen atoms in total. The van der Waals surface area contributed by atoms with Crippen LogP contribution in [0.1, 0.15) is 13.3 Å². The lowest BCUT2D eigenvalue weighted by atomic mass is 10.00. The van der Waals surface area contributed by atoms with Gasteiger partial charge in [-0.15, -0.1) is 0 Å². The van der Waals surface area contributed by atoms with E-state index in [0.717, 1.165) is 0 Å². The molecule has 0 saturated heterocycles. The van der Waals surface area contributed by atoms with Gasteiger partial charge in [-0.3, -0.25) is 9.59 Å². The number of aliphatic hydroxyl groups is 1. The van der Waals surface area contributed by atoms with Crippen LogP contribution in [0.4, 0.5) is 0 Å². The second-order valence-electron chi connectivity index (χ2n) is 2.74. The first-order valence-corrected chi connectivity index (χ1v) is 3.67. The molecule has 1 amide bonds. The number of amides is 1. The van der Waals surface area contributed by atoms with Gasteiger partial charge in [0.05, 0.1) is 18.6 Å². The summed E-state index contributed by atoms with van der Waals surface area (Å²) in [5, 5.41) is 8.63. The van der Waals surface area contributed by atoms with E-state index in [1.807, 2.05) is 0 Å². The molecule has 0 fully saturated rings. The number of rotatable bonds is 5. The number of carbonyl (C=O) groups is 2. The Morgan fingerprint density at radius 2 is 2.00 bits per heavy atom.